The molecule has 0 amide bonds. The molecule has 1 aliphatic rings. The van der Waals surface area contributed by atoms with Gasteiger partial charge >= 0.3 is 0 Å². The van der Waals surface area contributed by atoms with E-state index in [2.05, 4.69) is 19.6 Å². The van der Waals surface area contributed by atoms with Gasteiger partial charge in [0.1, 0.15) is 12.2 Å². The van der Waals surface area contributed by atoms with E-state index in [1.807, 2.05) is 6.92 Å². The molecule has 0 bridgehead atoms. The maximum absolute atomic E-state index is 12.9. The number of carbonyl (C=O) groups excluding carboxylic acids is 1. The predicted molar refractivity (Wildman–Crippen MR) is 104 cm³/mol. The lowest BCUT2D eigenvalue weighted by Gasteiger charge is -2.24. The molecule has 1 aromatic heterocycles. The van der Waals surface area contributed by atoms with Crippen LogP contribution in [0.5, 0.6) is 0 Å². The van der Waals surface area contributed by atoms with Gasteiger partial charge in [-0.3, -0.25) is 9.89 Å². The third kappa shape index (κ3) is 3.50. The Balaban J connectivity index is 1.76. The van der Waals surface area contributed by atoms with Crippen molar-refractivity contribution >= 4 is 21.5 Å². The molecule has 0 radical (unpaired) electrons. The van der Waals surface area contributed by atoms with E-state index in [-0.39, 0.29) is 17.1 Å². The second-order valence-electron chi connectivity index (χ2n) is 6.77. The fraction of sp³-hybridized carbons (Fsp3) is 0.200. The van der Waals surface area contributed by atoms with Gasteiger partial charge < -0.3 is 0 Å². The molecule has 2 aromatic carbocycles. The van der Waals surface area contributed by atoms with E-state index in [4.69, 9.17) is 0 Å². The molecule has 142 valence electrons. The maximum Gasteiger partial charge on any atom is 0.282 e. The number of nitrogens with zero attached hydrogens (tertiary/aromatic N) is 3. The van der Waals surface area contributed by atoms with E-state index >= 15 is 0 Å². The summed E-state index contributed by atoms with van der Waals surface area (Å²) in [4.78, 5) is 17.1. The van der Waals surface area contributed by atoms with Crippen LogP contribution in [0.25, 0.3) is 0 Å². The number of hydrogen-bond donors (Lipinski definition) is 1. The third-order valence-corrected chi connectivity index (χ3v) is 6.10. The molecule has 0 saturated heterocycles. The van der Waals surface area contributed by atoms with Crippen molar-refractivity contribution in [2.45, 2.75) is 24.7 Å². The molecule has 1 unspecified atom stereocenters. The van der Waals surface area contributed by atoms with Gasteiger partial charge in [-0.2, -0.15) is 17.9 Å². The van der Waals surface area contributed by atoms with Crippen LogP contribution in [-0.4, -0.2) is 35.1 Å². The number of benzene rings is 2. The number of aromatic nitrogens is 3. The normalized spacial score (nSPS) is 18.2. The van der Waals surface area contributed by atoms with Crippen molar-refractivity contribution in [3.8, 4) is 0 Å². The molecule has 1 aliphatic carbocycles. The van der Waals surface area contributed by atoms with Crippen molar-refractivity contribution in [1.29, 1.82) is 0 Å². The summed E-state index contributed by atoms with van der Waals surface area (Å²) in [5, 5.41) is 6.56. The molecule has 1 N–H and O–H groups in total. The standard InChI is InChI=1S/C20H18N4O3S/c1-13-6-8-15(9-7-13)28(26,27)24-18-10-14(11-19-21-12-22-23-19)20(25)17-5-3-2-4-16(17)18/h2-9,12,14H,10-11H2,1H3,(H,21,22,23)/b24-18+. The van der Waals surface area contributed by atoms with Gasteiger partial charge in [-0.1, -0.05) is 42.0 Å². The van der Waals surface area contributed by atoms with Crippen LogP contribution in [0, 0.1) is 12.8 Å². The highest BCUT2D eigenvalue weighted by Crippen LogP contribution is 2.29. The van der Waals surface area contributed by atoms with E-state index in [1.54, 1.807) is 48.5 Å². The fourth-order valence-electron chi connectivity index (χ4n) is 3.33. The van der Waals surface area contributed by atoms with Crippen LogP contribution in [0.15, 0.2) is 64.2 Å². The summed E-state index contributed by atoms with van der Waals surface area (Å²) in [6.07, 6.45) is 1.95. The van der Waals surface area contributed by atoms with E-state index in [0.29, 0.717) is 29.1 Å². The second-order valence-corrected chi connectivity index (χ2v) is 8.38. The number of H-pyrrole nitrogens is 1. The molecule has 1 heterocycles. The molecule has 3 aromatic rings. The summed E-state index contributed by atoms with van der Waals surface area (Å²) in [5.41, 5.74) is 2.40. The number of ketones is 1. The Morgan fingerprint density at radius 1 is 1.11 bits per heavy atom. The first-order valence-electron chi connectivity index (χ1n) is 8.82. The topological polar surface area (TPSA) is 105 Å². The monoisotopic (exact) mass is 394 g/mol. The Morgan fingerprint density at radius 3 is 2.50 bits per heavy atom. The van der Waals surface area contributed by atoms with Gasteiger partial charge in [0.25, 0.3) is 10.0 Å². The number of carbonyl (C=O) groups is 1. The minimum Gasteiger partial charge on any atom is -0.294 e. The van der Waals surface area contributed by atoms with Crippen LogP contribution < -0.4 is 0 Å². The number of hydrogen-bond acceptors (Lipinski definition) is 5. The quantitative estimate of drug-likeness (QED) is 0.732. The summed E-state index contributed by atoms with van der Waals surface area (Å²) in [5.74, 6) is 0.0898. The summed E-state index contributed by atoms with van der Waals surface area (Å²) in [6, 6.07) is 13.5. The summed E-state index contributed by atoms with van der Waals surface area (Å²) >= 11 is 0. The lowest BCUT2D eigenvalue weighted by Crippen LogP contribution is -2.29. The van der Waals surface area contributed by atoms with Gasteiger partial charge in [0.15, 0.2) is 5.78 Å². The number of aryl methyl sites for hydroxylation is 1. The lowest BCUT2D eigenvalue weighted by molar-refractivity contribution is 0.0917. The molecule has 8 heteroatoms. The minimum atomic E-state index is -3.88. The van der Waals surface area contributed by atoms with E-state index in [1.165, 1.54) is 6.33 Å². The van der Waals surface area contributed by atoms with Crippen LogP contribution >= 0.6 is 0 Å². The van der Waals surface area contributed by atoms with Crippen LogP contribution in [0.1, 0.15) is 33.7 Å². The summed E-state index contributed by atoms with van der Waals surface area (Å²) in [6.45, 7) is 1.89. The molecule has 0 fully saturated rings. The first kappa shape index (κ1) is 18.2. The smallest absolute Gasteiger partial charge is 0.282 e. The van der Waals surface area contributed by atoms with E-state index < -0.39 is 15.9 Å². The van der Waals surface area contributed by atoms with Gasteiger partial charge in [0, 0.05) is 29.9 Å². The number of sulfonamides is 1. The maximum atomic E-state index is 12.9. The molecule has 4 rings (SSSR count). The van der Waals surface area contributed by atoms with Crippen molar-refractivity contribution in [3.05, 3.63) is 77.4 Å². The van der Waals surface area contributed by atoms with Gasteiger partial charge in [0.2, 0.25) is 0 Å². The number of rotatable bonds is 4. The van der Waals surface area contributed by atoms with Crippen LogP contribution in [-0.2, 0) is 16.4 Å². The van der Waals surface area contributed by atoms with Crippen molar-refractivity contribution < 1.29 is 13.2 Å². The second kappa shape index (κ2) is 7.12. The molecule has 0 saturated carbocycles. The Labute approximate surface area is 162 Å². The Hall–Kier alpha value is -3.13. The van der Waals surface area contributed by atoms with Crippen LogP contribution in [0.3, 0.4) is 0 Å². The molecule has 0 aliphatic heterocycles. The van der Waals surface area contributed by atoms with Gasteiger partial charge in [0.05, 0.1) is 10.6 Å². The zero-order valence-corrected chi connectivity index (χ0v) is 16.0. The van der Waals surface area contributed by atoms with E-state index in [0.717, 1.165) is 5.56 Å². The lowest BCUT2D eigenvalue weighted by atomic mass is 9.80. The number of fused-ring (bicyclic) bond motifs is 1. The van der Waals surface area contributed by atoms with Crippen molar-refractivity contribution in [2.75, 3.05) is 0 Å². The minimum absolute atomic E-state index is 0.0429. The Kier molecular flexibility index (Phi) is 4.64. The highest BCUT2D eigenvalue weighted by Gasteiger charge is 2.33. The number of Topliss-reactive ketones (excluding diaryl/α,β-unsaturated/α-hetero) is 1. The largest absolute Gasteiger partial charge is 0.294 e. The predicted octanol–water partition coefficient (Wildman–Crippen LogP) is 2.74. The number of nitrogens with one attached hydrogen (secondary N) is 1. The molecule has 1 atom stereocenters. The fourth-order valence-corrected chi connectivity index (χ4v) is 4.38. The highest BCUT2D eigenvalue weighted by atomic mass is 32.2. The first-order valence-corrected chi connectivity index (χ1v) is 10.3. The highest BCUT2D eigenvalue weighted by molar-refractivity contribution is 7.90. The zero-order valence-electron chi connectivity index (χ0n) is 15.2. The average molecular weight is 394 g/mol. The molecular weight excluding hydrogens is 376 g/mol. The van der Waals surface area contributed by atoms with Crippen molar-refractivity contribution in [2.24, 2.45) is 10.3 Å². The van der Waals surface area contributed by atoms with Crippen LogP contribution in [0.2, 0.25) is 0 Å². The average Bonchev–Trinajstić information content (AvgIpc) is 3.19. The van der Waals surface area contributed by atoms with Crippen molar-refractivity contribution in [3.63, 3.8) is 0 Å². The third-order valence-electron chi connectivity index (χ3n) is 4.77. The summed E-state index contributed by atoms with van der Waals surface area (Å²) in [7, 11) is -3.88. The molecule has 7 nitrogen and oxygen atoms in total. The Bertz CT molecular complexity index is 1150. The van der Waals surface area contributed by atoms with Crippen LogP contribution in [0.4, 0.5) is 0 Å². The van der Waals surface area contributed by atoms with Crippen molar-refractivity contribution in [1.82, 2.24) is 15.2 Å². The van der Waals surface area contributed by atoms with E-state index in [9.17, 15) is 13.2 Å². The van der Waals surface area contributed by atoms with Gasteiger partial charge in [-0.05, 0) is 19.1 Å². The molecule has 28 heavy (non-hydrogen) atoms. The zero-order chi connectivity index (χ0) is 19.7. The summed E-state index contributed by atoms with van der Waals surface area (Å²) < 4.78 is 29.8. The van der Waals surface area contributed by atoms with Gasteiger partial charge in [-0.15, -0.1) is 0 Å². The first-order chi connectivity index (χ1) is 13.4. The Morgan fingerprint density at radius 2 is 1.82 bits per heavy atom. The molecular formula is C20H18N4O3S. The van der Waals surface area contributed by atoms with Gasteiger partial charge in [-0.25, -0.2) is 4.98 Å². The number of aromatic amines is 1. The molecule has 0 spiro atoms. The SMILES string of the molecule is Cc1ccc(S(=O)(=O)/N=C2\CC(Cc3ncn[nH]3)C(=O)c3ccccc32)cc1.